The van der Waals surface area contributed by atoms with Gasteiger partial charge in [-0.2, -0.15) is 5.26 Å². The molecule has 3 rings (SSSR count). The Kier molecular flexibility index (Phi) is 2.70. The number of nitriles is 1. The molecule has 1 aliphatic rings. The monoisotopic (exact) mass is 257 g/mol. The Morgan fingerprint density at radius 1 is 1.35 bits per heavy atom. The molecule has 1 heterocycles. The first-order chi connectivity index (χ1) is 8.35. The third kappa shape index (κ3) is 1.60. The molecule has 0 saturated carbocycles. The van der Waals surface area contributed by atoms with Gasteiger partial charge in [0.15, 0.2) is 0 Å². The van der Waals surface area contributed by atoms with Crippen molar-refractivity contribution in [2.75, 3.05) is 6.26 Å². The second kappa shape index (κ2) is 4.21. The summed E-state index contributed by atoms with van der Waals surface area (Å²) in [6.07, 6.45) is 4.22. The van der Waals surface area contributed by atoms with Crippen molar-refractivity contribution in [1.29, 1.82) is 5.26 Å². The highest BCUT2D eigenvalue weighted by atomic mass is 32.2. The highest BCUT2D eigenvalue weighted by Gasteiger charge is 2.24. The number of rotatable bonds is 2. The fraction of sp³-hybridized carbons (Fsp3) is 0.214. The van der Waals surface area contributed by atoms with Crippen molar-refractivity contribution in [3.63, 3.8) is 0 Å². The maximum absolute atomic E-state index is 9.25. The number of hydrogen-bond donors (Lipinski definition) is 0. The molecule has 84 valence electrons. The number of nitrogens with zero attached hydrogens (tertiary/aromatic N) is 1. The minimum atomic E-state index is 0.902. The molecular weight excluding hydrogens is 246 g/mol. The number of benzene rings is 1. The zero-order valence-electron chi connectivity index (χ0n) is 9.49. The molecule has 0 aliphatic heterocycles. The van der Waals surface area contributed by atoms with Crippen molar-refractivity contribution in [3.05, 3.63) is 40.3 Å². The average Bonchev–Trinajstić information content (AvgIpc) is 2.82. The highest BCUT2D eigenvalue weighted by molar-refractivity contribution is 7.98. The Balaban J connectivity index is 2.26. The van der Waals surface area contributed by atoms with Crippen LogP contribution in [0.5, 0.6) is 0 Å². The van der Waals surface area contributed by atoms with E-state index < -0.39 is 0 Å². The molecule has 0 amide bonds. The van der Waals surface area contributed by atoms with Crippen LogP contribution in [0.2, 0.25) is 0 Å². The van der Waals surface area contributed by atoms with Crippen LogP contribution < -0.4 is 0 Å². The molecule has 1 nitrogen and oxygen atoms in total. The maximum Gasteiger partial charge on any atom is 0.101 e. The van der Waals surface area contributed by atoms with Crippen LogP contribution in [0.1, 0.15) is 16.7 Å². The normalized spacial score (nSPS) is 12.7. The maximum atomic E-state index is 9.25. The van der Waals surface area contributed by atoms with E-state index in [0.29, 0.717) is 0 Å². The van der Waals surface area contributed by atoms with E-state index in [1.807, 2.05) is 6.26 Å². The van der Waals surface area contributed by atoms with Crippen LogP contribution in [0.4, 0.5) is 0 Å². The topological polar surface area (TPSA) is 23.8 Å². The van der Waals surface area contributed by atoms with Gasteiger partial charge in [0, 0.05) is 9.77 Å². The second-order valence-electron chi connectivity index (χ2n) is 4.05. The van der Waals surface area contributed by atoms with E-state index in [1.165, 1.54) is 21.6 Å². The van der Waals surface area contributed by atoms with Gasteiger partial charge in [0.1, 0.15) is 6.07 Å². The predicted molar refractivity (Wildman–Crippen MR) is 73.7 cm³/mol. The summed E-state index contributed by atoms with van der Waals surface area (Å²) in [7, 11) is 0. The van der Waals surface area contributed by atoms with E-state index in [0.717, 1.165) is 23.3 Å². The van der Waals surface area contributed by atoms with Gasteiger partial charge in [0.2, 0.25) is 0 Å². The van der Waals surface area contributed by atoms with Crippen LogP contribution in [0, 0.1) is 11.3 Å². The Bertz CT molecular complexity index is 606. The zero-order chi connectivity index (χ0) is 11.8. The van der Waals surface area contributed by atoms with Crippen LogP contribution in [0.15, 0.2) is 28.5 Å². The zero-order valence-corrected chi connectivity index (χ0v) is 11.1. The summed E-state index contributed by atoms with van der Waals surface area (Å²) < 4.78 is 0. The van der Waals surface area contributed by atoms with Gasteiger partial charge in [0.05, 0.1) is 5.56 Å². The van der Waals surface area contributed by atoms with Crippen LogP contribution >= 0.6 is 23.1 Å². The fourth-order valence-corrected chi connectivity index (χ4v) is 3.70. The quantitative estimate of drug-likeness (QED) is 0.756. The molecule has 17 heavy (non-hydrogen) atoms. The van der Waals surface area contributed by atoms with Gasteiger partial charge in [-0.05, 0) is 53.3 Å². The molecule has 0 atom stereocenters. The van der Waals surface area contributed by atoms with Gasteiger partial charge in [-0.1, -0.05) is 6.07 Å². The minimum Gasteiger partial charge on any atom is -0.192 e. The Labute approximate surface area is 109 Å². The second-order valence-corrected chi connectivity index (χ2v) is 5.84. The van der Waals surface area contributed by atoms with Crippen molar-refractivity contribution in [2.24, 2.45) is 0 Å². The third-order valence-corrected chi connectivity index (χ3v) is 4.92. The smallest absolute Gasteiger partial charge is 0.101 e. The van der Waals surface area contributed by atoms with Crippen LogP contribution in [0.3, 0.4) is 0 Å². The Morgan fingerprint density at radius 3 is 2.71 bits per heavy atom. The first kappa shape index (κ1) is 10.9. The lowest BCUT2D eigenvalue weighted by molar-refractivity contribution is 0.830. The molecule has 1 aliphatic carbocycles. The van der Waals surface area contributed by atoms with Gasteiger partial charge in [-0.15, -0.1) is 23.1 Å². The number of hydrogen-bond acceptors (Lipinski definition) is 3. The Hall–Kier alpha value is -1.24. The SMILES string of the molecule is CSc1cc(-c2cccs2)c2c(c1C#N)CC2. The summed E-state index contributed by atoms with van der Waals surface area (Å²) in [5.74, 6) is 0. The van der Waals surface area contributed by atoms with Gasteiger partial charge in [-0.25, -0.2) is 0 Å². The Morgan fingerprint density at radius 2 is 2.18 bits per heavy atom. The largest absolute Gasteiger partial charge is 0.192 e. The lowest BCUT2D eigenvalue weighted by atomic mass is 9.81. The van der Waals surface area contributed by atoms with Crippen LogP contribution in [-0.4, -0.2) is 6.26 Å². The molecule has 1 aromatic carbocycles. The first-order valence-electron chi connectivity index (χ1n) is 5.52. The molecule has 1 aromatic heterocycles. The van der Waals surface area contributed by atoms with Crippen molar-refractivity contribution in [1.82, 2.24) is 0 Å². The molecule has 0 radical (unpaired) electrons. The summed E-state index contributed by atoms with van der Waals surface area (Å²) in [5.41, 5.74) is 4.91. The summed E-state index contributed by atoms with van der Waals surface area (Å²) in [6, 6.07) is 8.80. The number of thioether (sulfide) groups is 1. The van der Waals surface area contributed by atoms with Gasteiger partial charge in [-0.3, -0.25) is 0 Å². The lowest BCUT2D eigenvalue weighted by Crippen LogP contribution is -2.13. The number of thiophene rings is 1. The van der Waals surface area contributed by atoms with Crippen LogP contribution in [0.25, 0.3) is 10.4 Å². The number of fused-ring (bicyclic) bond motifs is 1. The fourth-order valence-electron chi connectivity index (χ4n) is 2.32. The van der Waals surface area contributed by atoms with E-state index in [-0.39, 0.29) is 0 Å². The molecule has 2 aromatic rings. The molecule has 0 saturated heterocycles. The summed E-state index contributed by atoms with van der Waals surface area (Å²) in [5, 5.41) is 11.4. The minimum absolute atomic E-state index is 0.902. The van der Waals surface area contributed by atoms with Crippen LogP contribution in [-0.2, 0) is 12.8 Å². The average molecular weight is 257 g/mol. The van der Waals surface area contributed by atoms with Crippen molar-refractivity contribution >= 4 is 23.1 Å². The van der Waals surface area contributed by atoms with E-state index in [9.17, 15) is 5.26 Å². The predicted octanol–water partition coefficient (Wildman–Crippen LogP) is 4.11. The molecule has 0 fully saturated rings. The molecule has 0 bridgehead atoms. The van der Waals surface area contributed by atoms with Crippen molar-refractivity contribution in [2.45, 2.75) is 17.7 Å². The van der Waals surface area contributed by atoms with Crippen molar-refractivity contribution < 1.29 is 0 Å². The van der Waals surface area contributed by atoms with Gasteiger partial charge >= 0.3 is 0 Å². The van der Waals surface area contributed by atoms with E-state index in [2.05, 4.69) is 29.6 Å². The summed E-state index contributed by atoms with van der Waals surface area (Å²) >= 11 is 3.44. The molecular formula is C14H11NS2. The molecule has 3 heteroatoms. The molecule has 0 spiro atoms. The summed E-state index contributed by atoms with van der Waals surface area (Å²) in [4.78, 5) is 2.44. The van der Waals surface area contributed by atoms with Gasteiger partial charge < -0.3 is 0 Å². The van der Waals surface area contributed by atoms with Crippen molar-refractivity contribution in [3.8, 4) is 16.5 Å². The van der Waals surface area contributed by atoms with E-state index >= 15 is 0 Å². The molecule has 0 unspecified atom stereocenters. The van der Waals surface area contributed by atoms with E-state index in [1.54, 1.807) is 23.1 Å². The van der Waals surface area contributed by atoms with E-state index in [4.69, 9.17) is 0 Å². The third-order valence-electron chi connectivity index (χ3n) is 3.26. The summed E-state index contributed by atoms with van der Waals surface area (Å²) in [6.45, 7) is 0. The molecule has 0 N–H and O–H groups in total. The first-order valence-corrected chi connectivity index (χ1v) is 7.62. The standard InChI is InChI=1S/C14H11NS2/c1-16-14-7-11(13-3-2-6-17-13)9-4-5-10(9)12(14)8-15/h2-3,6-7H,4-5H2,1H3. The lowest BCUT2D eigenvalue weighted by Gasteiger charge is -2.25. The van der Waals surface area contributed by atoms with Gasteiger partial charge in [0.25, 0.3) is 0 Å². The highest BCUT2D eigenvalue weighted by Crippen LogP contribution is 2.41.